The number of piperidine rings is 1. The van der Waals surface area contributed by atoms with E-state index >= 15 is 0 Å². The Bertz CT molecular complexity index is 566. The minimum absolute atomic E-state index is 0.0436. The maximum Gasteiger partial charge on any atom is 0.255 e. The van der Waals surface area contributed by atoms with Gasteiger partial charge in [-0.25, -0.2) is 13.1 Å². The third kappa shape index (κ3) is 4.50. The van der Waals surface area contributed by atoms with Gasteiger partial charge in [-0.15, -0.1) is 0 Å². The summed E-state index contributed by atoms with van der Waals surface area (Å²) in [5, 5.41) is 0. The lowest BCUT2D eigenvalue weighted by molar-refractivity contribution is 0.0711. The van der Waals surface area contributed by atoms with E-state index < -0.39 is 10.0 Å². The molecule has 0 spiro atoms. The normalized spacial score (nSPS) is 16.9. The highest BCUT2D eigenvalue weighted by Crippen LogP contribution is 2.14. The number of aromatic nitrogens is 1. The molecule has 2 rings (SSSR count). The maximum atomic E-state index is 12.2. The predicted octanol–water partition coefficient (Wildman–Crippen LogP) is 1.02. The zero-order valence-electron chi connectivity index (χ0n) is 12.2. The smallest absolute Gasteiger partial charge is 0.255 e. The van der Waals surface area contributed by atoms with Crippen LogP contribution in [-0.2, 0) is 10.0 Å². The first kappa shape index (κ1) is 15.9. The first-order valence-electron chi connectivity index (χ1n) is 7.21. The van der Waals surface area contributed by atoms with E-state index in [2.05, 4.69) is 9.71 Å². The highest BCUT2D eigenvalue weighted by atomic mass is 32.2. The summed E-state index contributed by atoms with van der Waals surface area (Å²) < 4.78 is 26.2. The molecule has 1 saturated heterocycles. The van der Waals surface area contributed by atoms with E-state index in [0.717, 1.165) is 0 Å². The molecule has 1 fully saturated rings. The number of pyridine rings is 1. The van der Waals surface area contributed by atoms with Gasteiger partial charge in [0.1, 0.15) is 0 Å². The maximum absolute atomic E-state index is 12.2. The summed E-state index contributed by atoms with van der Waals surface area (Å²) in [5.41, 5.74) is 0.572. The number of nitrogens with one attached hydrogen (secondary N) is 1. The van der Waals surface area contributed by atoms with Gasteiger partial charge >= 0.3 is 0 Å². The lowest BCUT2D eigenvalue weighted by Crippen LogP contribution is -2.47. The van der Waals surface area contributed by atoms with Crippen LogP contribution in [0.4, 0.5) is 0 Å². The Hall–Kier alpha value is -1.47. The van der Waals surface area contributed by atoms with Crippen molar-refractivity contribution < 1.29 is 13.2 Å². The van der Waals surface area contributed by atoms with Crippen LogP contribution >= 0.6 is 0 Å². The van der Waals surface area contributed by atoms with Crippen LogP contribution in [0.2, 0.25) is 0 Å². The highest BCUT2D eigenvalue weighted by molar-refractivity contribution is 7.89. The van der Waals surface area contributed by atoms with E-state index in [0.29, 0.717) is 37.9 Å². The van der Waals surface area contributed by atoms with E-state index in [4.69, 9.17) is 0 Å². The van der Waals surface area contributed by atoms with E-state index in [1.165, 1.54) is 0 Å². The summed E-state index contributed by atoms with van der Waals surface area (Å²) >= 11 is 0. The van der Waals surface area contributed by atoms with E-state index in [9.17, 15) is 13.2 Å². The topological polar surface area (TPSA) is 79.4 Å². The van der Waals surface area contributed by atoms with Crippen LogP contribution in [0.25, 0.3) is 0 Å². The number of hydrogen-bond donors (Lipinski definition) is 1. The van der Waals surface area contributed by atoms with Crippen LogP contribution in [0.1, 0.15) is 36.5 Å². The zero-order valence-corrected chi connectivity index (χ0v) is 13.0. The number of sulfonamides is 1. The van der Waals surface area contributed by atoms with Crippen molar-refractivity contribution in [3.63, 3.8) is 0 Å². The predicted molar refractivity (Wildman–Crippen MR) is 80.4 cm³/mol. The number of nitrogens with zero attached hydrogens (tertiary/aromatic N) is 2. The minimum atomic E-state index is -3.18. The van der Waals surface area contributed by atoms with E-state index in [1.807, 2.05) is 6.92 Å². The largest absolute Gasteiger partial charge is 0.338 e. The number of carbonyl (C=O) groups excluding carboxylic acids is 1. The first-order chi connectivity index (χ1) is 10.0. The second kappa shape index (κ2) is 7.00. The van der Waals surface area contributed by atoms with Gasteiger partial charge in [-0.2, -0.15) is 0 Å². The Morgan fingerprint density at radius 3 is 2.71 bits per heavy atom. The monoisotopic (exact) mass is 311 g/mol. The second-order valence-corrected chi connectivity index (χ2v) is 7.12. The number of rotatable bonds is 5. The standard InChI is InChI=1S/C14H21N3O3S/c1-2-10-21(19,20)16-13-5-8-17(9-6-13)14(18)12-4-3-7-15-11-12/h3-4,7,11,13,16H,2,5-6,8-10H2,1H3. The van der Waals surface area contributed by atoms with Gasteiger partial charge in [-0.3, -0.25) is 9.78 Å². The van der Waals surface area contributed by atoms with Gasteiger partial charge in [0.25, 0.3) is 5.91 Å². The van der Waals surface area contributed by atoms with Crippen molar-refractivity contribution in [1.29, 1.82) is 0 Å². The van der Waals surface area contributed by atoms with Crippen LogP contribution in [0, 0.1) is 0 Å². The average molecular weight is 311 g/mol. The third-order valence-electron chi connectivity index (χ3n) is 3.51. The molecule has 116 valence electrons. The quantitative estimate of drug-likeness (QED) is 0.880. The van der Waals surface area contributed by atoms with Gasteiger partial charge in [0.15, 0.2) is 0 Å². The molecule has 7 heteroatoms. The fraction of sp³-hybridized carbons (Fsp3) is 0.571. The Labute approximate surface area is 125 Å². The minimum Gasteiger partial charge on any atom is -0.338 e. The fourth-order valence-corrected chi connectivity index (χ4v) is 3.85. The molecule has 2 heterocycles. The summed E-state index contributed by atoms with van der Waals surface area (Å²) in [4.78, 5) is 17.9. The van der Waals surface area contributed by atoms with Crippen molar-refractivity contribution in [3.8, 4) is 0 Å². The molecule has 1 amide bonds. The lowest BCUT2D eigenvalue weighted by atomic mass is 10.1. The average Bonchev–Trinajstić information content (AvgIpc) is 2.48. The van der Waals surface area contributed by atoms with Gasteiger partial charge < -0.3 is 4.90 Å². The van der Waals surface area contributed by atoms with E-state index in [-0.39, 0.29) is 17.7 Å². The summed E-state index contributed by atoms with van der Waals surface area (Å²) in [6, 6.07) is 3.41. The molecule has 1 aliphatic rings. The molecule has 0 aliphatic carbocycles. The van der Waals surface area contributed by atoms with Crippen LogP contribution < -0.4 is 4.72 Å². The number of amides is 1. The van der Waals surface area contributed by atoms with Crippen molar-refractivity contribution in [3.05, 3.63) is 30.1 Å². The van der Waals surface area contributed by atoms with Crippen LogP contribution in [0.15, 0.2) is 24.5 Å². The number of likely N-dealkylation sites (tertiary alicyclic amines) is 1. The Balaban J connectivity index is 1.88. The zero-order chi connectivity index (χ0) is 15.3. The van der Waals surface area contributed by atoms with Gasteiger partial charge in [-0.05, 0) is 31.4 Å². The number of carbonyl (C=O) groups is 1. The van der Waals surface area contributed by atoms with Crippen molar-refractivity contribution in [2.45, 2.75) is 32.2 Å². The third-order valence-corrected chi connectivity index (χ3v) is 5.15. The molecule has 1 N–H and O–H groups in total. The van der Waals surface area contributed by atoms with Gasteiger partial charge in [0, 0.05) is 31.5 Å². The molecule has 6 nitrogen and oxygen atoms in total. The molecule has 0 bridgehead atoms. The van der Waals surface area contributed by atoms with Gasteiger partial charge in [0.2, 0.25) is 10.0 Å². The summed E-state index contributed by atoms with van der Waals surface area (Å²) in [6.45, 7) is 2.97. The molecule has 0 atom stereocenters. The molecular formula is C14H21N3O3S. The van der Waals surface area contributed by atoms with Crippen LogP contribution in [0.3, 0.4) is 0 Å². The Kier molecular flexibility index (Phi) is 5.30. The Morgan fingerprint density at radius 2 is 2.14 bits per heavy atom. The van der Waals surface area contributed by atoms with Crippen molar-refractivity contribution in [2.75, 3.05) is 18.8 Å². The highest BCUT2D eigenvalue weighted by Gasteiger charge is 2.26. The van der Waals surface area contributed by atoms with Crippen molar-refractivity contribution in [2.24, 2.45) is 0 Å². The Morgan fingerprint density at radius 1 is 1.43 bits per heavy atom. The molecule has 0 unspecified atom stereocenters. The molecule has 0 saturated carbocycles. The molecular weight excluding hydrogens is 290 g/mol. The second-order valence-electron chi connectivity index (χ2n) is 5.24. The van der Waals surface area contributed by atoms with Crippen molar-refractivity contribution >= 4 is 15.9 Å². The summed E-state index contributed by atoms with van der Waals surface area (Å²) in [6.07, 6.45) is 5.08. The summed E-state index contributed by atoms with van der Waals surface area (Å²) in [5.74, 6) is 0.111. The van der Waals surface area contributed by atoms with Gasteiger partial charge in [-0.1, -0.05) is 6.92 Å². The van der Waals surface area contributed by atoms with E-state index in [1.54, 1.807) is 29.4 Å². The lowest BCUT2D eigenvalue weighted by Gasteiger charge is -2.32. The molecule has 0 aromatic carbocycles. The fourth-order valence-electron chi connectivity index (χ4n) is 2.45. The number of hydrogen-bond acceptors (Lipinski definition) is 4. The van der Waals surface area contributed by atoms with Crippen LogP contribution in [0.5, 0.6) is 0 Å². The van der Waals surface area contributed by atoms with Crippen LogP contribution in [-0.4, -0.2) is 49.1 Å². The molecule has 1 aliphatic heterocycles. The summed E-state index contributed by atoms with van der Waals surface area (Å²) in [7, 11) is -3.18. The van der Waals surface area contributed by atoms with Gasteiger partial charge in [0.05, 0.1) is 11.3 Å². The molecule has 1 aromatic heterocycles. The molecule has 21 heavy (non-hydrogen) atoms. The first-order valence-corrected chi connectivity index (χ1v) is 8.86. The molecule has 1 aromatic rings. The molecule has 0 radical (unpaired) electrons. The SMILES string of the molecule is CCCS(=O)(=O)NC1CCN(C(=O)c2cccnc2)CC1. The van der Waals surface area contributed by atoms with Crippen molar-refractivity contribution in [1.82, 2.24) is 14.6 Å².